The zero-order chi connectivity index (χ0) is 22.0. The normalized spacial score (nSPS) is 20.3. The molecule has 2 heterocycles. The molecule has 31 heavy (non-hydrogen) atoms. The van der Waals surface area contributed by atoms with Gasteiger partial charge in [-0.25, -0.2) is 10.4 Å². The van der Waals surface area contributed by atoms with Crippen molar-refractivity contribution in [2.45, 2.75) is 6.17 Å². The van der Waals surface area contributed by atoms with Crippen LogP contribution in [0.1, 0.15) is 0 Å². The Labute approximate surface area is 193 Å². The number of benzene rings is 2. The molecule has 2 aromatic carbocycles. The number of nitrogens with one attached hydrogen (secondary N) is 3. The number of halogens is 2. The lowest BCUT2D eigenvalue weighted by Gasteiger charge is -2.32. The number of carbonyl (C=O) groups excluding carboxylic acids is 2. The predicted octanol–water partition coefficient (Wildman–Crippen LogP) is 3.13. The smallest absolute Gasteiger partial charge is 0.241 e. The quantitative estimate of drug-likeness (QED) is 0.609. The molecule has 1 saturated heterocycles. The van der Waals surface area contributed by atoms with Crippen LogP contribution in [0, 0.1) is 5.92 Å². The van der Waals surface area contributed by atoms with Gasteiger partial charge in [0.25, 0.3) is 0 Å². The Morgan fingerprint density at radius 3 is 2.90 bits per heavy atom. The number of methoxy groups -OCH3 is 1. The summed E-state index contributed by atoms with van der Waals surface area (Å²) in [5, 5.41) is 4.10. The third kappa shape index (κ3) is 4.81. The minimum absolute atomic E-state index is 0.0594. The first kappa shape index (κ1) is 21.9. The van der Waals surface area contributed by atoms with Gasteiger partial charge in [-0.2, -0.15) is 0 Å². The van der Waals surface area contributed by atoms with Crippen molar-refractivity contribution >= 4 is 63.3 Å². The van der Waals surface area contributed by atoms with Crippen LogP contribution in [0.25, 0.3) is 0 Å². The molecule has 2 atom stereocenters. The number of hydrazine groups is 1. The molecule has 1 fully saturated rings. The molecule has 0 aromatic heterocycles. The number of aliphatic imine (C=N–C) groups is 1. The SMILES string of the molecule is COc1ccc(N2C(=O)C3CNNC3N=C2SCC(=O)Nc2cccc(Cl)c2)cc1Cl. The summed E-state index contributed by atoms with van der Waals surface area (Å²) >= 11 is 13.4. The number of ether oxygens (including phenoxy) is 1. The summed E-state index contributed by atoms with van der Waals surface area (Å²) in [6, 6.07) is 12.0. The number of anilines is 2. The molecule has 2 aliphatic heterocycles. The molecular weight excluding hydrogens is 461 g/mol. The molecule has 4 rings (SSSR count). The van der Waals surface area contributed by atoms with Crippen LogP contribution in [0.4, 0.5) is 11.4 Å². The second-order valence-corrected chi connectivity index (χ2v) is 8.61. The monoisotopic (exact) mass is 479 g/mol. The van der Waals surface area contributed by atoms with Crippen molar-refractivity contribution in [1.29, 1.82) is 0 Å². The summed E-state index contributed by atoms with van der Waals surface area (Å²) in [5.74, 6) is -0.162. The molecular formula is C20H19Cl2N5O3S. The van der Waals surface area contributed by atoms with E-state index in [-0.39, 0.29) is 23.5 Å². The van der Waals surface area contributed by atoms with Gasteiger partial charge >= 0.3 is 0 Å². The minimum Gasteiger partial charge on any atom is -0.495 e. The first-order chi connectivity index (χ1) is 15.0. The van der Waals surface area contributed by atoms with E-state index in [2.05, 4.69) is 21.2 Å². The largest absolute Gasteiger partial charge is 0.495 e. The average molecular weight is 480 g/mol. The van der Waals surface area contributed by atoms with E-state index in [0.717, 1.165) is 0 Å². The van der Waals surface area contributed by atoms with E-state index in [9.17, 15) is 9.59 Å². The summed E-state index contributed by atoms with van der Waals surface area (Å²) in [7, 11) is 1.52. The number of thioether (sulfide) groups is 1. The second-order valence-electron chi connectivity index (χ2n) is 6.83. The van der Waals surface area contributed by atoms with Gasteiger partial charge < -0.3 is 10.1 Å². The number of carbonyl (C=O) groups is 2. The van der Waals surface area contributed by atoms with E-state index in [1.165, 1.54) is 23.8 Å². The molecule has 11 heteroatoms. The molecule has 0 aliphatic carbocycles. The van der Waals surface area contributed by atoms with Gasteiger partial charge in [0, 0.05) is 17.3 Å². The Bertz CT molecular complexity index is 1050. The Balaban J connectivity index is 1.54. The molecule has 8 nitrogen and oxygen atoms in total. The lowest BCUT2D eigenvalue weighted by molar-refractivity contribution is -0.121. The summed E-state index contributed by atoms with van der Waals surface area (Å²) in [6.07, 6.45) is -0.393. The molecule has 3 N–H and O–H groups in total. The highest BCUT2D eigenvalue weighted by molar-refractivity contribution is 8.14. The summed E-state index contributed by atoms with van der Waals surface area (Å²) in [6.45, 7) is 0.459. The van der Waals surface area contributed by atoms with Crippen molar-refractivity contribution in [3.8, 4) is 5.75 Å². The van der Waals surface area contributed by atoms with E-state index in [1.54, 1.807) is 42.5 Å². The summed E-state index contributed by atoms with van der Waals surface area (Å²) in [4.78, 5) is 31.8. The highest BCUT2D eigenvalue weighted by Gasteiger charge is 2.42. The summed E-state index contributed by atoms with van der Waals surface area (Å²) < 4.78 is 5.20. The van der Waals surface area contributed by atoms with Gasteiger partial charge in [0.2, 0.25) is 11.8 Å². The van der Waals surface area contributed by atoms with Crippen LogP contribution in [0.5, 0.6) is 5.75 Å². The van der Waals surface area contributed by atoms with Crippen LogP contribution in [0.15, 0.2) is 47.5 Å². The Hall–Kier alpha value is -2.30. The van der Waals surface area contributed by atoms with E-state index in [4.69, 9.17) is 27.9 Å². The fourth-order valence-corrected chi connectivity index (χ4v) is 4.58. The van der Waals surface area contributed by atoms with Crippen LogP contribution in [0.3, 0.4) is 0 Å². The molecule has 0 bridgehead atoms. The van der Waals surface area contributed by atoms with Gasteiger partial charge in [-0.3, -0.25) is 19.9 Å². The van der Waals surface area contributed by atoms with Gasteiger partial charge in [0.1, 0.15) is 11.9 Å². The summed E-state index contributed by atoms with van der Waals surface area (Å²) in [5.41, 5.74) is 7.12. The molecule has 0 saturated carbocycles. The maximum atomic E-state index is 13.2. The van der Waals surface area contributed by atoms with Crippen LogP contribution in [-0.4, -0.2) is 42.6 Å². The Morgan fingerprint density at radius 2 is 2.16 bits per heavy atom. The minimum atomic E-state index is -0.393. The molecule has 0 radical (unpaired) electrons. The predicted molar refractivity (Wildman–Crippen MR) is 124 cm³/mol. The maximum Gasteiger partial charge on any atom is 0.241 e. The van der Waals surface area contributed by atoms with Crippen LogP contribution >= 0.6 is 35.0 Å². The fraction of sp³-hybridized carbons (Fsp3) is 0.250. The van der Waals surface area contributed by atoms with E-state index in [0.29, 0.717) is 38.9 Å². The number of rotatable bonds is 5. The van der Waals surface area contributed by atoms with Crippen molar-refractivity contribution in [3.05, 3.63) is 52.5 Å². The lowest BCUT2D eigenvalue weighted by Crippen LogP contribution is -2.49. The van der Waals surface area contributed by atoms with Crippen LogP contribution in [-0.2, 0) is 9.59 Å². The highest BCUT2D eigenvalue weighted by atomic mass is 35.5. The van der Waals surface area contributed by atoms with Crippen molar-refractivity contribution in [3.63, 3.8) is 0 Å². The van der Waals surface area contributed by atoms with Crippen LogP contribution in [0.2, 0.25) is 10.0 Å². The second kappa shape index (κ2) is 9.46. The molecule has 2 unspecified atom stereocenters. The highest BCUT2D eigenvalue weighted by Crippen LogP contribution is 2.34. The fourth-order valence-electron chi connectivity index (χ4n) is 3.29. The zero-order valence-electron chi connectivity index (χ0n) is 16.4. The lowest BCUT2D eigenvalue weighted by atomic mass is 10.0. The van der Waals surface area contributed by atoms with Crippen molar-refractivity contribution < 1.29 is 14.3 Å². The standard InChI is InChI=1S/C20H19Cl2N5O3S/c1-30-16-6-5-13(8-15(16)22)27-19(29)14-9-23-26-18(14)25-20(27)31-10-17(28)24-12-4-2-3-11(21)7-12/h2-8,14,18,23,26H,9-10H2,1H3,(H,24,28). The maximum absolute atomic E-state index is 13.2. The third-order valence-electron chi connectivity index (χ3n) is 4.77. The molecule has 2 aromatic rings. The zero-order valence-corrected chi connectivity index (χ0v) is 18.7. The number of amidine groups is 1. The van der Waals surface area contributed by atoms with E-state index < -0.39 is 6.17 Å². The Morgan fingerprint density at radius 1 is 1.32 bits per heavy atom. The number of hydrogen-bond donors (Lipinski definition) is 3. The number of hydrogen-bond acceptors (Lipinski definition) is 7. The molecule has 0 spiro atoms. The number of nitrogens with zero attached hydrogens (tertiary/aromatic N) is 2. The van der Waals surface area contributed by atoms with E-state index in [1.807, 2.05) is 0 Å². The topological polar surface area (TPSA) is 95.1 Å². The van der Waals surface area contributed by atoms with Crippen molar-refractivity contribution in [2.24, 2.45) is 10.9 Å². The van der Waals surface area contributed by atoms with Gasteiger partial charge in [0.05, 0.1) is 29.5 Å². The van der Waals surface area contributed by atoms with Gasteiger partial charge in [0.15, 0.2) is 5.17 Å². The first-order valence-corrected chi connectivity index (χ1v) is 11.1. The van der Waals surface area contributed by atoms with E-state index >= 15 is 0 Å². The molecule has 2 amide bonds. The number of amides is 2. The first-order valence-electron chi connectivity index (χ1n) is 9.38. The molecule has 162 valence electrons. The average Bonchev–Trinajstić information content (AvgIpc) is 3.21. The Kier molecular flexibility index (Phi) is 6.68. The van der Waals surface area contributed by atoms with Gasteiger partial charge in [-0.1, -0.05) is 41.0 Å². The van der Waals surface area contributed by atoms with Gasteiger partial charge in [-0.15, -0.1) is 0 Å². The van der Waals surface area contributed by atoms with Crippen LogP contribution < -0.4 is 25.8 Å². The number of fused-ring (bicyclic) bond motifs is 1. The van der Waals surface area contributed by atoms with Gasteiger partial charge in [-0.05, 0) is 36.4 Å². The third-order valence-corrected chi connectivity index (χ3v) is 6.25. The molecule has 2 aliphatic rings. The van der Waals surface area contributed by atoms with Crippen molar-refractivity contribution in [2.75, 3.05) is 29.6 Å². The van der Waals surface area contributed by atoms with Crippen molar-refractivity contribution in [1.82, 2.24) is 10.9 Å².